The number of fused-ring (bicyclic) bond motifs is 1. The van der Waals surface area contributed by atoms with E-state index in [0.717, 1.165) is 31.1 Å². The Labute approximate surface area is 195 Å². The molecule has 0 aliphatic carbocycles. The molecule has 2 aliphatic rings. The zero-order chi connectivity index (χ0) is 22.8. The lowest BCUT2D eigenvalue weighted by Crippen LogP contribution is -2.36. The van der Waals surface area contributed by atoms with Crippen LogP contribution in [0.15, 0.2) is 46.9 Å². The van der Waals surface area contributed by atoms with E-state index >= 15 is 0 Å². The number of piperidine rings is 1. The van der Waals surface area contributed by atoms with Crippen LogP contribution in [0.3, 0.4) is 0 Å². The third-order valence-corrected chi connectivity index (χ3v) is 6.64. The highest BCUT2D eigenvalue weighted by atomic mass is 32.1. The molecule has 2 aromatic heterocycles. The normalized spacial score (nSPS) is 16.9. The quantitative estimate of drug-likeness (QED) is 0.574. The summed E-state index contributed by atoms with van der Waals surface area (Å²) in [6.45, 7) is 2.29. The van der Waals surface area contributed by atoms with Gasteiger partial charge >= 0.3 is 0 Å². The number of Topliss-reactive ketones (excluding diaryl/α,β-unsaturated/α-hetero) is 1. The molecule has 4 heterocycles. The maximum Gasteiger partial charge on any atom is 0.183 e. The molecular formula is C24H24FN5O2S. The van der Waals surface area contributed by atoms with Crippen LogP contribution >= 0.6 is 11.3 Å². The molecule has 0 unspecified atom stereocenters. The van der Waals surface area contributed by atoms with Crippen molar-refractivity contribution in [3.8, 4) is 17.1 Å². The van der Waals surface area contributed by atoms with Gasteiger partial charge in [-0.15, -0.1) is 11.3 Å². The highest BCUT2D eigenvalue weighted by Gasteiger charge is 2.25. The van der Waals surface area contributed by atoms with Crippen LogP contribution in [0.1, 0.15) is 29.6 Å². The van der Waals surface area contributed by atoms with Crippen molar-refractivity contribution in [2.45, 2.75) is 25.3 Å². The number of rotatable bonds is 6. The molecule has 1 saturated heterocycles. The van der Waals surface area contributed by atoms with Crippen molar-refractivity contribution in [2.75, 3.05) is 32.1 Å². The second-order valence-corrected chi connectivity index (χ2v) is 9.19. The van der Waals surface area contributed by atoms with Crippen molar-refractivity contribution >= 4 is 33.7 Å². The van der Waals surface area contributed by atoms with Gasteiger partial charge in [0.15, 0.2) is 10.9 Å². The average Bonchev–Trinajstić information content (AvgIpc) is 3.28. The molecule has 0 atom stereocenters. The number of thiazole rings is 1. The standard InChI is InChI=1S/C24H24FN5O2S/c1-30-10-7-16(8-11-30)28-24-29-20(14-33-24)23-22-19(6-9-26-23)21(31)12-17(27-22)13-32-18-4-2-15(25)3-5-18/h2-6,9,14,16H,7-8,10-13H2,1H3,(H,28,29). The number of halogens is 1. The van der Waals surface area contributed by atoms with E-state index in [4.69, 9.17) is 14.7 Å². The molecule has 5 rings (SSSR count). The third-order valence-electron chi connectivity index (χ3n) is 5.87. The first-order chi connectivity index (χ1) is 16.0. The highest BCUT2D eigenvalue weighted by Crippen LogP contribution is 2.36. The van der Waals surface area contributed by atoms with Crippen LogP contribution in [0.4, 0.5) is 15.2 Å². The summed E-state index contributed by atoms with van der Waals surface area (Å²) >= 11 is 1.54. The van der Waals surface area contributed by atoms with Crippen molar-refractivity contribution in [3.63, 3.8) is 0 Å². The Kier molecular flexibility index (Phi) is 6.15. The van der Waals surface area contributed by atoms with E-state index in [1.807, 2.05) is 5.38 Å². The van der Waals surface area contributed by atoms with E-state index in [1.165, 1.54) is 23.5 Å². The van der Waals surface area contributed by atoms with Crippen LogP contribution in [0.2, 0.25) is 0 Å². The Morgan fingerprint density at radius 1 is 1.21 bits per heavy atom. The molecule has 1 fully saturated rings. The van der Waals surface area contributed by atoms with E-state index in [1.54, 1.807) is 24.4 Å². The van der Waals surface area contributed by atoms with Crippen LogP contribution in [-0.2, 0) is 0 Å². The maximum atomic E-state index is 13.1. The Balaban J connectivity index is 1.35. The Bertz CT molecular complexity index is 1190. The molecule has 9 heteroatoms. The molecule has 0 amide bonds. The molecule has 7 nitrogen and oxygen atoms in total. The Morgan fingerprint density at radius 3 is 2.79 bits per heavy atom. The molecule has 33 heavy (non-hydrogen) atoms. The molecule has 0 spiro atoms. The van der Waals surface area contributed by atoms with Gasteiger partial charge in [0.1, 0.15) is 35.2 Å². The lowest BCUT2D eigenvalue weighted by molar-refractivity contribution is 0.0998. The van der Waals surface area contributed by atoms with Gasteiger partial charge in [0, 0.05) is 23.2 Å². The van der Waals surface area contributed by atoms with Gasteiger partial charge in [-0.2, -0.15) is 0 Å². The third kappa shape index (κ3) is 4.94. The second-order valence-electron chi connectivity index (χ2n) is 8.34. The summed E-state index contributed by atoms with van der Waals surface area (Å²) in [5.74, 6) is 0.166. The van der Waals surface area contributed by atoms with Gasteiger partial charge in [-0.05, 0) is 63.3 Å². The van der Waals surface area contributed by atoms with Gasteiger partial charge in [0.25, 0.3) is 0 Å². The number of ketones is 1. The fourth-order valence-corrected chi connectivity index (χ4v) is 4.79. The summed E-state index contributed by atoms with van der Waals surface area (Å²) < 4.78 is 18.8. The first kappa shape index (κ1) is 21.7. The average molecular weight is 466 g/mol. The van der Waals surface area contributed by atoms with E-state index in [2.05, 4.69) is 22.2 Å². The van der Waals surface area contributed by atoms with Crippen LogP contribution in [0.25, 0.3) is 11.4 Å². The van der Waals surface area contributed by atoms with Crippen LogP contribution in [0, 0.1) is 5.82 Å². The number of likely N-dealkylation sites (tertiary alicyclic amines) is 1. The number of nitrogens with zero attached hydrogens (tertiary/aromatic N) is 4. The number of hydrogen-bond donors (Lipinski definition) is 1. The van der Waals surface area contributed by atoms with Crippen molar-refractivity contribution in [1.29, 1.82) is 0 Å². The molecular weight excluding hydrogens is 441 g/mol. The summed E-state index contributed by atoms with van der Waals surface area (Å²) in [6.07, 6.45) is 3.98. The topological polar surface area (TPSA) is 79.7 Å². The highest BCUT2D eigenvalue weighted by molar-refractivity contribution is 7.14. The largest absolute Gasteiger partial charge is 0.488 e. The predicted octanol–water partition coefficient (Wildman–Crippen LogP) is 4.59. The molecule has 1 aromatic carbocycles. The summed E-state index contributed by atoms with van der Waals surface area (Å²) in [6, 6.07) is 7.88. The molecule has 0 bridgehead atoms. The number of benzene rings is 1. The molecule has 3 aromatic rings. The van der Waals surface area contributed by atoms with E-state index in [9.17, 15) is 9.18 Å². The summed E-state index contributed by atoms with van der Waals surface area (Å²) in [7, 11) is 2.14. The zero-order valence-corrected chi connectivity index (χ0v) is 19.1. The number of aliphatic imine (C=N–C) groups is 1. The molecule has 2 aliphatic heterocycles. The van der Waals surface area contributed by atoms with Gasteiger partial charge in [-0.25, -0.2) is 9.37 Å². The number of nitrogens with one attached hydrogen (secondary N) is 1. The van der Waals surface area contributed by atoms with E-state index < -0.39 is 0 Å². The number of anilines is 1. The van der Waals surface area contributed by atoms with Gasteiger partial charge < -0.3 is 15.0 Å². The number of aromatic nitrogens is 2. The van der Waals surface area contributed by atoms with E-state index in [0.29, 0.717) is 40.1 Å². The van der Waals surface area contributed by atoms with Gasteiger partial charge in [0.05, 0.1) is 12.1 Å². The van der Waals surface area contributed by atoms with Crippen molar-refractivity contribution < 1.29 is 13.9 Å². The monoisotopic (exact) mass is 465 g/mol. The lowest BCUT2D eigenvalue weighted by atomic mass is 9.99. The fraction of sp³-hybridized carbons (Fsp3) is 0.333. The van der Waals surface area contributed by atoms with Gasteiger partial charge in [-0.3, -0.25) is 14.8 Å². The number of pyridine rings is 1. The first-order valence-corrected chi connectivity index (χ1v) is 11.8. The van der Waals surface area contributed by atoms with Crippen molar-refractivity contribution in [3.05, 3.63) is 53.3 Å². The maximum absolute atomic E-state index is 13.1. The number of carbonyl (C=O) groups is 1. The summed E-state index contributed by atoms with van der Waals surface area (Å²) in [5, 5.41) is 6.33. The van der Waals surface area contributed by atoms with Crippen LogP contribution in [-0.4, -0.2) is 59.1 Å². The van der Waals surface area contributed by atoms with Crippen molar-refractivity contribution in [2.24, 2.45) is 4.99 Å². The molecule has 0 radical (unpaired) electrons. The SMILES string of the molecule is CN1CCC(Nc2nc(-c3nccc4c3N=C(COc3ccc(F)cc3)CC4=O)cs2)CC1. The van der Waals surface area contributed by atoms with Crippen LogP contribution < -0.4 is 10.1 Å². The van der Waals surface area contributed by atoms with E-state index in [-0.39, 0.29) is 24.6 Å². The predicted molar refractivity (Wildman–Crippen MR) is 127 cm³/mol. The minimum absolute atomic E-state index is 0.0266. The van der Waals surface area contributed by atoms with Gasteiger partial charge in [-0.1, -0.05) is 0 Å². The Morgan fingerprint density at radius 2 is 2.00 bits per heavy atom. The Hall–Kier alpha value is -3.17. The number of hydrogen-bond acceptors (Lipinski definition) is 8. The molecule has 0 saturated carbocycles. The molecule has 170 valence electrons. The minimum atomic E-state index is -0.329. The number of ether oxygens (including phenoxy) is 1. The zero-order valence-electron chi connectivity index (χ0n) is 18.3. The molecule has 1 N–H and O–H groups in total. The first-order valence-electron chi connectivity index (χ1n) is 10.9. The van der Waals surface area contributed by atoms with Gasteiger partial charge in [0.2, 0.25) is 0 Å². The second kappa shape index (κ2) is 9.36. The summed E-state index contributed by atoms with van der Waals surface area (Å²) in [4.78, 5) is 29.1. The lowest BCUT2D eigenvalue weighted by Gasteiger charge is -2.29. The van der Waals surface area contributed by atoms with Crippen LogP contribution in [0.5, 0.6) is 5.75 Å². The number of carbonyl (C=O) groups excluding carboxylic acids is 1. The fourth-order valence-electron chi connectivity index (χ4n) is 4.01. The smallest absolute Gasteiger partial charge is 0.183 e. The minimum Gasteiger partial charge on any atom is -0.488 e. The van der Waals surface area contributed by atoms with Crippen molar-refractivity contribution in [1.82, 2.24) is 14.9 Å². The summed E-state index contributed by atoms with van der Waals surface area (Å²) in [5.41, 5.74) is 2.97.